The van der Waals surface area contributed by atoms with Gasteiger partial charge in [0, 0.05) is 19.6 Å². The number of rotatable bonds is 2. The molecule has 4 unspecified atom stereocenters. The van der Waals surface area contributed by atoms with Gasteiger partial charge in [0.15, 0.2) is 0 Å². The number of aliphatic hydroxyl groups is 1. The topological polar surface area (TPSA) is 38.7 Å². The van der Waals surface area contributed by atoms with Gasteiger partial charge < -0.3 is 14.6 Å². The third kappa shape index (κ3) is 2.77. The first-order valence-electron chi connectivity index (χ1n) is 8.47. The Morgan fingerprint density at radius 3 is 2.65 bits per heavy atom. The number of hydrogen-bond acceptors (Lipinski definition) is 3. The van der Waals surface area contributed by atoms with Gasteiger partial charge in [-0.25, -0.2) is 0 Å². The second-order valence-electron chi connectivity index (χ2n) is 7.73. The standard InChI is InChI=1S/C17H30O3/c1-13(2)14-4-3-6-17(18,10-14)15-5-8-20-16(11-15)7-9-19-12-16/h13-15,18H,3-12H2,1-2H3. The maximum Gasteiger partial charge on any atom is 0.0940 e. The smallest absolute Gasteiger partial charge is 0.0940 e. The highest BCUT2D eigenvalue weighted by atomic mass is 16.6. The molecule has 3 nitrogen and oxygen atoms in total. The molecule has 2 saturated heterocycles. The van der Waals surface area contributed by atoms with E-state index in [0.29, 0.717) is 17.8 Å². The predicted octanol–water partition coefficient (Wildman–Crippen LogP) is 3.15. The summed E-state index contributed by atoms with van der Waals surface area (Å²) in [5.41, 5.74) is -0.532. The Bertz CT molecular complexity index is 335. The minimum atomic E-state index is -0.452. The quantitative estimate of drug-likeness (QED) is 0.845. The van der Waals surface area contributed by atoms with Gasteiger partial charge in [-0.2, -0.15) is 0 Å². The van der Waals surface area contributed by atoms with Crippen molar-refractivity contribution in [2.24, 2.45) is 17.8 Å². The van der Waals surface area contributed by atoms with Gasteiger partial charge in [-0.3, -0.25) is 0 Å². The van der Waals surface area contributed by atoms with Crippen molar-refractivity contribution in [3.63, 3.8) is 0 Å². The molecule has 0 bridgehead atoms. The van der Waals surface area contributed by atoms with Crippen LogP contribution in [0.25, 0.3) is 0 Å². The number of hydrogen-bond donors (Lipinski definition) is 1. The molecular formula is C17H30O3. The Morgan fingerprint density at radius 1 is 1.10 bits per heavy atom. The van der Waals surface area contributed by atoms with Gasteiger partial charge in [0.25, 0.3) is 0 Å². The summed E-state index contributed by atoms with van der Waals surface area (Å²) >= 11 is 0. The maximum absolute atomic E-state index is 11.3. The zero-order valence-corrected chi connectivity index (χ0v) is 13.1. The summed E-state index contributed by atoms with van der Waals surface area (Å²) in [7, 11) is 0. The fourth-order valence-corrected chi connectivity index (χ4v) is 4.62. The van der Waals surface area contributed by atoms with Gasteiger partial charge in [0.05, 0.1) is 17.8 Å². The molecule has 0 aromatic heterocycles. The van der Waals surface area contributed by atoms with Gasteiger partial charge in [0.2, 0.25) is 0 Å². The molecule has 3 rings (SSSR count). The highest BCUT2D eigenvalue weighted by Crippen LogP contribution is 2.47. The van der Waals surface area contributed by atoms with Crippen molar-refractivity contribution in [3.05, 3.63) is 0 Å². The Morgan fingerprint density at radius 2 is 1.95 bits per heavy atom. The summed E-state index contributed by atoms with van der Waals surface area (Å²) in [6.07, 6.45) is 7.46. The van der Waals surface area contributed by atoms with Crippen LogP contribution in [0.3, 0.4) is 0 Å². The summed E-state index contributed by atoms with van der Waals surface area (Å²) in [6.45, 7) is 6.94. The lowest BCUT2D eigenvalue weighted by molar-refractivity contribution is -0.157. The average molecular weight is 282 g/mol. The molecule has 4 atom stereocenters. The van der Waals surface area contributed by atoms with Crippen molar-refractivity contribution in [1.82, 2.24) is 0 Å². The number of ether oxygens (including phenoxy) is 2. The van der Waals surface area contributed by atoms with Crippen molar-refractivity contribution in [3.8, 4) is 0 Å². The van der Waals surface area contributed by atoms with Crippen LogP contribution in [0.15, 0.2) is 0 Å². The molecule has 20 heavy (non-hydrogen) atoms. The Balaban J connectivity index is 1.70. The lowest BCUT2D eigenvalue weighted by atomic mass is 9.65. The first-order chi connectivity index (χ1) is 9.53. The summed E-state index contributed by atoms with van der Waals surface area (Å²) < 4.78 is 11.6. The molecule has 0 radical (unpaired) electrons. The van der Waals surface area contributed by atoms with E-state index in [-0.39, 0.29) is 5.60 Å². The van der Waals surface area contributed by atoms with Crippen molar-refractivity contribution in [1.29, 1.82) is 0 Å². The predicted molar refractivity (Wildman–Crippen MR) is 78.6 cm³/mol. The molecule has 0 aromatic rings. The monoisotopic (exact) mass is 282 g/mol. The van der Waals surface area contributed by atoms with E-state index in [1.54, 1.807) is 0 Å². The van der Waals surface area contributed by atoms with Gasteiger partial charge >= 0.3 is 0 Å². The molecular weight excluding hydrogens is 252 g/mol. The fraction of sp³-hybridized carbons (Fsp3) is 1.00. The van der Waals surface area contributed by atoms with E-state index in [2.05, 4.69) is 13.8 Å². The van der Waals surface area contributed by atoms with E-state index in [0.717, 1.165) is 51.9 Å². The maximum atomic E-state index is 11.3. The highest BCUT2D eigenvalue weighted by molar-refractivity contribution is 4.99. The highest BCUT2D eigenvalue weighted by Gasteiger charge is 2.49. The van der Waals surface area contributed by atoms with E-state index in [1.807, 2.05) is 0 Å². The molecule has 116 valence electrons. The van der Waals surface area contributed by atoms with Gasteiger partial charge in [-0.15, -0.1) is 0 Å². The van der Waals surface area contributed by atoms with Crippen LogP contribution in [0.4, 0.5) is 0 Å². The van der Waals surface area contributed by atoms with Crippen LogP contribution in [-0.2, 0) is 9.47 Å². The molecule has 3 fully saturated rings. The first kappa shape index (κ1) is 14.8. The molecule has 0 amide bonds. The van der Waals surface area contributed by atoms with Crippen LogP contribution in [-0.4, -0.2) is 36.1 Å². The summed E-state index contributed by atoms with van der Waals surface area (Å²) in [4.78, 5) is 0. The van der Waals surface area contributed by atoms with Crippen LogP contribution in [0.5, 0.6) is 0 Å². The molecule has 0 aromatic carbocycles. The van der Waals surface area contributed by atoms with Crippen molar-refractivity contribution < 1.29 is 14.6 Å². The Hall–Kier alpha value is -0.120. The van der Waals surface area contributed by atoms with Crippen LogP contribution >= 0.6 is 0 Å². The van der Waals surface area contributed by atoms with Gasteiger partial charge in [-0.05, 0) is 49.9 Å². The minimum Gasteiger partial charge on any atom is -0.390 e. The molecule has 3 heteroatoms. The van der Waals surface area contributed by atoms with E-state index in [9.17, 15) is 5.11 Å². The third-order valence-electron chi connectivity index (χ3n) is 6.06. The molecule has 3 aliphatic rings. The zero-order valence-electron chi connectivity index (χ0n) is 13.1. The van der Waals surface area contributed by atoms with E-state index < -0.39 is 5.60 Å². The molecule has 1 saturated carbocycles. The first-order valence-corrected chi connectivity index (χ1v) is 8.47. The van der Waals surface area contributed by atoms with Crippen LogP contribution in [0.2, 0.25) is 0 Å². The second-order valence-corrected chi connectivity index (χ2v) is 7.73. The lowest BCUT2D eigenvalue weighted by Gasteiger charge is -2.48. The Labute approximate surface area is 123 Å². The van der Waals surface area contributed by atoms with E-state index >= 15 is 0 Å². The van der Waals surface area contributed by atoms with Crippen LogP contribution in [0.1, 0.15) is 58.8 Å². The van der Waals surface area contributed by atoms with Crippen molar-refractivity contribution in [2.45, 2.75) is 70.0 Å². The van der Waals surface area contributed by atoms with Crippen molar-refractivity contribution in [2.75, 3.05) is 19.8 Å². The largest absolute Gasteiger partial charge is 0.390 e. The normalized spacial score (nSPS) is 46.2. The average Bonchev–Trinajstić information content (AvgIpc) is 2.87. The third-order valence-corrected chi connectivity index (χ3v) is 6.06. The molecule has 1 spiro atoms. The van der Waals surface area contributed by atoms with Crippen molar-refractivity contribution >= 4 is 0 Å². The second kappa shape index (κ2) is 5.58. The van der Waals surface area contributed by atoms with Crippen LogP contribution in [0, 0.1) is 17.8 Å². The van der Waals surface area contributed by atoms with E-state index in [4.69, 9.17) is 9.47 Å². The lowest BCUT2D eigenvalue weighted by Crippen LogP contribution is -2.51. The zero-order chi connectivity index (χ0) is 14.2. The molecule has 2 aliphatic heterocycles. The van der Waals surface area contributed by atoms with Crippen LogP contribution < -0.4 is 0 Å². The minimum absolute atomic E-state index is 0.0799. The molecule has 1 aliphatic carbocycles. The summed E-state index contributed by atoms with van der Waals surface area (Å²) in [5, 5.41) is 11.3. The van der Waals surface area contributed by atoms with Gasteiger partial charge in [0.1, 0.15) is 0 Å². The molecule has 2 heterocycles. The van der Waals surface area contributed by atoms with Gasteiger partial charge in [-0.1, -0.05) is 20.3 Å². The fourth-order valence-electron chi connectivity index (χ4n) is 4.62. The molecule has 1 N–H and O–H groups in total. The van der Waals surface area contributed by atoms with E-state index in [1.165, 1.54) is 12.8 Å². The summed E-state index contributed by atoms with van der Waals surface area (Å²) in [6, 6.07) is 0. The SMILES string of the molecule is CC(C)C1CCCC(O)(C2CCOC3(CCOC3)C2)C1. The summed E-state index contributed by atoms with van der Waals surface area (Å²) in [5.74, 6) is 1.78. The Kier molecular flexibility index (Phi) is 4.13.